The molecule has 4 rings (SSSR count). The summed E-state index contributed by atoms with van der Waals surface area (Å²) in [6, 6.07) is 0. The molecule has 0 bridgehead atoms. The Morgan fingerprint density at radius 2 is 2.12 bits per heavy atom. The smallest absolute Gasteiger partial charge is 0.272 e. The number of hydrogen-bond donors (Lipinski definition) is 0. The first-order valence-electron chi connectivity index (χ1n) is 8.47. The first-order valence-corrected chi connectivity index (χ1v) is 8.47. The summed E-state index contributed by atoms with van der Waals surface area (Å²) < 4.78 is 9.75. The number of rotatable bonds is 1. The minimum Gasteiger partial charge on any atom is -0.369 e. The van der Waals surface area contributed by atoms with E-state index in [0.717, 1.165) is 35.7 Å². The Morgan fingerprint density at radius 1 is 1.33 bits per heavy atom. The predicted molar refractivity (Wildman–Crippen MR) is 87.6 cm³/mol. The summed E-state index contributed by atoms with van der Waals surface area (Å²) in [4.78, 5) is 19.4. The highest BCUT2D eigenvalue weighted by Gasteiger charge is 2.34. The van der Waals surface area contributed by atoms with Crippen LogP contribution in [0.3, 0.4) is 0 Å². The number of carbonyl (C=O) groups is 1. The van der Waals surface area contributed by atoms with E-state index in [4.69, 9.17) is 4.74 Å². The average Bonchev–Trinajstić information content (AvgIpc) is 3.07. The maximum absolute atomic E-state index is 13.2. The molecule has 1 amide bonds. The van der Waals surface area contributed by atoms with Crippen molar-refractivity contribution < 1.29 is 9.53 Å². The number of nitrogens with zero attached hydrogens (tertiary/aromatic N) is 5. The van der Waals surface area contributed by atoms with Crippen LogP contribution >= 0.6 is 0 Å². The maximum Gasteiger partial charge on any atom is 0.272 e. The molecule has 128 valence electrons. The SMILES string of the molecule is Cc1ncc2n1CCN(C(=O)c1c3c(nn1C)[C@H](C)O[C@H](C)C3)C2. The molecule has 0 aromatic carbocycles. The molecule has 2 aliphatic rings. The number of fused-ring (bicyclic) bond motifs is 2. The van der Waals surface area contributed by atoms with E-state index in [2.05, 4.69) is 14.6 Å². The molecule has 0 unspecified atom stereocenters. The van der Waals surface area contributed by atoms with Gasteiger partial charge in [0, 0.05) is 32.1 Å². The fourth-order valence-electron chi connectivity index (χ4n) is 3.90. The molecule has 0 N–H and O–H groups in total. The zero-order valence-corrected chi connectivity index (χ0v) is 14.6. The summed E-state index contributed by atoms with van der Waals surface area (Å²) in [5.74, 6) is 1.06. The van der Waals surface area contributed by atoms with E-state index < -0.39 is 0 Å². The van der Waals surface area contributed by atoms with Gasteiger partial charge in [0.1, 0.15) is 11.5 Å². The van der Waals surface area contributed by atoms with Crippen molar-refractivity contribution in [1.29, 1.82) is 0 Å². The lowest BCUT2D eigenvalue weighted by molar-refractivity contribution is -0.00715. The number of carbonyl (C=O) groups excluding carboxylic acids is 1. The summed E-state index contributed by atoms with van der Waals surface area (Å²) in [5, 5.41) is 4.56. The second-order valence-corrected chi connectivity index (χ2v) is 6.80. The Kier molecular flexibility index (Phi) is 3.49. The van der Waals surface area contributed by atoms with Crippen molar-refractivity contribution in [2.75, 3.05) is 6.54 Å². The monoisotopic (exact) mass is 329 g/mol. The summed E-state index contributed by atoms with van der Waals surface area (Å²) in [7, 11) is 1.85. The van der Waals surface area contributed by atoms with E-state index >= 15 is 0 Å². The van der Waals surface area contributed by atoms with Crippen LogP contribution < -0.4 is 0 Å². The molecular weight excluding hydrogens is 306 g/mol. The van der Waals surface area contributed by atoms with Gasteiger partial charge in [-0.25, -0.2) is 4.98 Å². The molecule has 2 atom stereocenters. The zero-order chi connectivity index (χ0) is 17.0. The Bertz CT molecular complexity index is 806. The number of hydrogen-bond acceptors (Lipinski definition) is 4. The number of ether oxygens (including phenoxy) is 1. The van der Waals surface area contributed by atoms with E-state index in [9.17, 15) is 4.79 Å². The van der Waals surface area contributed by atoms with E-state index in [0.29, 0.717) is 18.8 Å². The predicted octanol–water partition coefficient (Wildman–Crippen LogP) is 1.60. The standard InChI is InChI=1S/C17H23N5O2/c1-10-7-14-15(11(2)24-10)19-20(4)16(14)17(23)21-5-6-22-12(3)18-8-13(22)9-21/h8,10-11H,5-7,9H2,1-4H3/t10-,11+/m1/s1. The quantitative estimate of drug-likeness (QED) is 0.797. The van der Waals surface area contributed by atoms with Crippen LogP contribution in [-0.4, -0.2) is 42.8 Å². The molecule has 2 aliphatic heterocycles. The Morgan fingerprint density at radius 3 is 2.92 bits per heavy atom. The summed E-state index contributed by atoms with van der Waals surface area (Å²) >= 11 is 0. The molecule has 0 aliphatic carbocycles. The number of amides is 1. The molecule has 2 aromatic rings. The van der Waals surface area contributed by atoms with Gasteiger partial charge in [-0.1, -0.05) is 0 Å². The second-order valence-electron chi connectivity index (χ2n) is 6.80. The number of aryl methyl sites for hydroxylation is 2. The lowest BCUT2D eigenvalue weighted by Gasteiger charge is -2.30. The van der Waals surface area contributed by atoms with Gasteiger partial charge in [-0.3, -0.25) is 9.48 Å². The van der Waals surface area contributed by atoms with Crippen molar-refractivity contribution in [1.82, 2.24) is 24.2 Å². The molecule has 2 aromatic heterocycles. The molecule has 4 heterocycles. The molecule has 7 heteroatoms. The van der Waals surface area contributed by atoms with Gasteiger partial charge in [-0.2, -0.15) is 5.10 Å². The first-order chi connectivity index (χ1) is 11.5. The topological polar surface area (TPSA) is 65.2 Å². The lowest BCUT2D eigenvalue weighted by atomic mass is 9.99. The van der Waals surface area contributed by atoms with Crippen molar-refractivity contribution in [3.8, 4) is 0 Å². The van der Waals surface area contributed by atoms with Gasteiger partial charge >= 0.3 is 0 Å². The van der Waals surface area contributed by atoms with Crippen molar-refractivity contribution in [2.45, 2.75) is 52.5 Å². The van der Waals surface area contributed by atoms with E-state index in [1.165, 1.54) is 0 Å². The van der Waals surface area contributed by atoms with Gasteiger partial charge in [0.15, 0.2) is 0 Å². The Labute approximate surface area is 141 Å². The van der Waals surface area contributed by atoms with Crippen LogP contribution in [0, 0.1) is 6.92 Å². The van der Waals surface area contributed by atoms with Crippen LogP contribution in [0.2, 0.25) is 0 Å². The zero-order valence-electron chi connectivity index (χ0n) is 14.6. The van der Waals surface area contributed by atoms with Crippen molar-refractivity contribution >= 4 is 5.91 Å². The molecule has 0 saturated carbocycles. The highest BCUT2D eigenvalue weighted by atomic mass is 16.5. The molecule has 0 saturated heterocycles. The van der Waals surface area contributed by atoms with Gasteiger partial charge in [0.25, 0.3) is 5.91 Å². The van der Waals surface area contributed by atoms with Crippen LogP contribution in [0.15, 0.2) is 6.20 Å². The Balaban J connectivity index is 1.66. The minimum absolute atomic E-state index is 0.0534. The van der Waals surface area contributed by atoms with Crippen LogP contribution in [0.5, 0.6) is 0 Å². The maximum atomic E-state index is 13.2. The van der Waals surface area contributed by atoms with Crippen molar-refractivity contribution in [2.24, 2.45) is 7.05 Å². The van der Waals surface area contributed by atoms with E-state index in [-0.39, 0.29) is 18.1 Å². The number of aromatic nitrogens is 4. The van der Waals surface area contributed by atoms with Gasteiger partial charge in [0.2, 0.25) is 0 Å². The highest BCUT2D eigenvalue weighted by molar-refractivity contribution is 5.94. The molecule has 0 fully saturated rings. The first kappa shape index (κ1) is 15.4. The van der Waals surface area contributed by atoms with Crippen molar-refractivity contribution in [3.63, 3.8) is 0 Å². The van der Waals surface area contributed by atoms with E-state index in [1.807, 2.05) is 38.9 Å². The van der Waals surface area contributed by atoms with Crippen molar-refractivity contribution in [3.05, 3.63) is 34.7 Å². The summed E-state index contributed by atoms with van der Waals surface area (Å²) in [6.45, 7) is 8.14. The minimum atomic E-state index is -0.0677. The highest BCUT2D eigenvalue weighted by Crippen LogP contribution is 2.32. The third-order valence-corrected chi connectivity index (χ3v) is 5.06. The second kappa shape index (κ2) is 5.44. The normalized spacial score (nSPS) is 23.1. The lowest BCUT2D eigenvalue weighted by Crippen LogP contribution is -2.39. The third kappa shape index (κ3) is 2.26. The fourth-order valence-corrected chi connectivity index (χ4v) is 3.90. The average molecular weight is 329 g/mol. The summed E-state index contributed by atoms with van der Waals surface area (Å²) in [6.07, 6.45) is 2.64. The molecule has 0 spiro atoms. The molecular formula is C17H23N5O2. The molecule has 24 heavy (non-hydrogen) atoms. The van der Waals surface area contributed by atoms with Gasteiger partial charge in [-0.05, 0) is 20.8 Å². The Hall–Kier alpha value is -2.15. The van der Waals surface area contributed by atoms with E-state index in [1.54, 1.807) is 4.68 Å². The van der Waals surface area contributed by atoms with Crippen LogP contribution in [-0.2, 0) is 31.3 Å². The largest absolute Gasteiger partial charge is 0.369 e. The third-order valence-electron chi connectivity index (χ3n) is 5.06. The summed E-state index contributed by atoms with van der Waals surface area (Å²) in [5.41, 5.74) is 3.74. The number of imidazole rings is 1. The van der Waals surface area contributed by atoms with Gasteiger partial charge in [0.05, 0.1) is 36.3 Å². The van der Waals surface area contributed by atoms with Crippen LogP contribution in [0.4, 0.5) is 0 Å². The van der Waals surface area contributed by atoms with Gasteiger partial charge in [-0.15, -0.1) is 0 Å². The van der Waals surface area contributed by atoms with Crippen LogP contribution in [0.1, 0.15) is 53.2 Å². The van der Waals surface area contributed by atoms with Crippen LogP contribution in [0.25, 0.3) is 0 Å². The van der Waals surface area contributed by atoms with Gasteiger partial charge < -0.3 is 14.2 Å². The molecule has 0 radical (unpaired) electrons. The molecule has 7 nitrogen and oxygen atoms in total. The fraction of sp³-hybridized carbons (Fsp3) is 0.588.